The molecule has 1 fully saturated rings. The Morgan fingerprint density at radius 3 is 2.33 bits per heavy atom. The Hall–Kier alpha value is -0.400. The van der Waals surface area contributed by atoms with Gasteiger partial charge in [-0.25, -0.2) is 9.53 Å². The molecule has 4 nitrogen and oxygen atoms in total. The van der Waals surface area contributed by atoms with Crippen LogP contribution < -0.4 is 5.14 Å². The normalized spacial score (nSPS) is 25.6. The van der Waals surface area contributed by atoms with Gasteiger partial charge in [0.05, 0.1) is 6.54 Å². The molecule has 1 saturated heterocycles. The number of nitrogens with zero attached hydrogens (tertiary/aromatic N) is 1. The van der Waals surface area contributed by atoms with Crippen molar-refractivity contribution in [2.45, 2.75) is 12.1 Å². The lowest BCUT2D eigenvalue weighted by molar-refractivity contribution is 0.184. The van der Waals surface area contributed by atoms with E-state index in [1.165, 1.54) is 12.1 Å². The van der Waals surface area contributed by atoms with Gasteiger partial charge < -0.3 is 0 Å². The summed E-state index contributed by atoms with van der Waals surface area (Å²) in [5.74, 6) is 0. The van der Waals surface area contributed by atoms with E-state index in [0.717, 1.165) is 4.31 Å². The Morgan fingerprint density at radius 2 is 1.89 bits per heavy atom. The summed E-state index contributed by atoms with van der Waals surface area (Å²) in [6.45, 7) is -0.355. The first-order chi connectivity index (χ1) is 8.24. The molecule has 1 heterocycles. The molecule has 1 aromatic carbocycles. The van der Waals surface area contributed by atoms with Gasteiger partial charge in [-0.2, -0.15) is 12.7 Å². The quantitative estimate of drug-likeness (QED) is 0.908. The van der Waals surface area contributed by atoms with E-state index in [4.69, 9.17) is 28.3 Å². The second kappa shape index (κ2) is 4.61. The Labute approximate surface area is 115 Å². The monoisotopic (exact) mass is 312 g/mol. The van der Waals surface area contributed by atoms with Crippen LogP contribution in [0.4, 0.5) is 4.39 Å². The van der Waals surface area contributed by atoms with Crippen molar-refractivity contribution in [3.05, 3.63) is 33.8 Å². The maximum Gasteiger partial charge on any atom is 0.277 e. The summed E-state index contributed by atoms with van der Waals surface area (Å²) in [7, 11) is -3.90. The lowest BCUT2D eigenvalue weighted by Crippen LogP contribution is -2.37. The molecule has 0 aromatic heterocycles. The average molecular weight is 313 g/mol. The number of rotatable bonds is 2. The fourth-order valence-corrected chi connectivity index (χ4v) is 3.55. The van der Waals surface area contributed by atoms with E-state index in [2.05, 4.69) is 0 Å². The summed E-state index contributed by atoms with van der Waals surface area (Å²) in [6.07, 6.45) is -0.0209. The summed E-state index contributed by atoms with van der Waals surface area (Å²) < 4.78 is 38.1. The van der Waals surface area contributed by atoms with Crippen LogP contribution in [0.2, 0.25) is 10.0 Å². The van der Waals surface area contributed by atoms with Gasteiger partial charge >= 0.3 is 0 Å². The third-order valence-electron chi connectivity index (χ3n) is 2.96. The van der Waals surface area contributed by atoms with Crippen molar-refractivity contribution in [3.63, 3.8) is 0 Å². The van der Waals surface area contributed by atoms with Crippen molar-refractivity contribution < 1.29 is 12.8 Å². The van der Waals surface area contributed by atoms with Gasteiger partial charge in [-0.3, -0.25) is 0 Å². The van der Waals surface area contributed by atoms with Gasteiger partial charge in [0.15, 0.2) is 5.67 Å². The molecule has 1 unspecified atom stereocenters. The van der Waals surface area contributed by atoms with Crippen LogP contribution in [0, 0.1) is 0 Å². The van der Waals surface area contributed by atoms with Crippen LogP contribution in [0.3, 0.4) is 0 Å². The van der Waals surface area contributed by atoms with Gasteiger partial charge in [0.1, 0.15) is 0 Å². The number of hydrogen-bond acceptors (Lipinski definition) is 2. The molecular formula is C10H11Cl2FN2O2S. The van der Waals surface area contributed by atoms with Gasteiger partial charge in [-0.05, 0) is 12.1 Å². The zero-order valence-electron chi connectivity index (χ0n) is 9.24. The van der Waals surface area contributed by atoms with Crippen LogP contribution in [0.25, 0.3) is 0 Å². The van der Waals surface area contributed by atoms with Crippen molar-refractivity contribution >= 4 is 33.4 Å². The van der Waals surface area contributed by atoms with E-state index in [9.17, 15) is 12.8 Å². The lowest BCUT2D eigenvalue weighted by atomic mass is 9.95. The first-order valence-electron chi connectivity index (χ1n) is 5.15. The molecule has 8 heteroatoms. The molecule has 0 spiro atoms. The number of hydrogen-bond donors (Lipinski definition) is 1. The highest BCUT2D eigenvalue weighted by Gasteiger charge is 2.45. The fourth-order valence-electron chi connectivity index (χ4n) is 2.09. The maximum absolute atomic E-state index is 14.8. The summed E-state index contributed by atoms with van der Waals surface area (Å²) in [5.41, 5.74) is -1.78. The van der Waals surface area contributed by atoms with E-state index < -0.39 is 15.9 Å². The molecule has 0 radical (unpaired) electrons. The second-order valence-electron chi connectivity index (χ2n) is 4.19. The molecule has 0 aliphatic carbocycles. The predicted octanol–water partition coefficient (Wildman–Crippen LogP) is 2.07. The average Bonchev–Trinajstić information content (AvgIpc) is 2.60. The Bertz CT molecular complexity index is 561. The number of nitrogens with two attached hydrogens (primary N) is 1. The smallest absolute Gasteiger partial charge is 0.237 e. The summed E-state index contributed by atoms with van der Waals surface area (Å²) in [6, 6.07) is 4.64. The van der Waals surface area contributed by atoms with Crippen molar-refractivity contribution in [2.75, 3.05) is 13.1 Å². The van der Waals surface area contributed by atoms with Crippen LogP contribution in [0.15, 0.2) is 18.2 Å². The molecular weight excluding hydrogens is 302 g/mol. The van der Waals surface area contributed by atoms with E-state index >= 15 is 0 Å². The first-order valence-corrected chi connectivity index (χ1v) is 7.41. The molecule has 100 valence electrons. The number of alkyl halides is 1. The van der Waals surface area contributed by atoms with Crippen LogP contribution in [-0.4, -0.2) is 25.8 Å². The third-order valence-corrected chi connectivity index (χ3v) is 4.62. The first kappa shape index (κ1) is 14.0. The predicted molar refractivity (Wildman–Crippen MR) is 68.5 cm³/mol. The highest BCUT2D eigenvalue weighted by atomic mass is 35.5. The highest BCUT2D eigenvalue weighted by Crippen LogP contribution is 2.43. The van der Waals surface area contributed by atoms with Gasteiger partial charge in [-0.15, -0.1) is 0 Å². The fraction of sp³-hybridized carbons (Fsp3) is 0.400. The second-order valence-corrected chi connectivity index (χ2v) is 6.55. The van der Waals surface area contributed by atoms with Gasteiger partial charge in [0, 0.05) is 28.6 Å². The van der Waals surface area contributed by atoms with E-state index in [1.54, 1.807) is 6.07 Å². The Kier molecular flexibility index (Phi) is 3.59. The van der Waals surface area contributed by atoms with Crippen LogP contribution in [-0.2, 0) is 15.9 Å². The molecule has 1 aromatic rings. The summed E-state index contributed by atoms with van der Waals surface area (Å²) in [5, 5.41) is 5.35. The molecule has 0 saturated carbocycles. The van der Waals surface area contributed by atoms with E-state index in [-0.39, 0.29) is 35.1 Å². The van der Waals surface area contributed by atoms with Crippen molar-refractivity contribution in [1.29, 1.82) is 0 Å². The van der Waals surface area contributed by atoms with E-state index in [1.807, 2.05) is 0 Å². The standard InChI is InChI=1S/C10H11Cl2FN2O2S/c11-7-2-1-3-8(12)9(7)10(13)4-5-15(6-10)18(14,16)17/h1-3H,4-6H2,(H2,14,16,17). The Morgan fingerprint density at radius 1 is 1.33 bits per heavy atom. The SMILES string of the molecule is NS(=O)(=O)N1CCC(F)(c2c(Cl)cccc2Cl)C1. The topological polar surface area (TPSA) is 63.4 Å². The van der Waals surface area contributed by atoms with Crippen LogP contribution in [0.5, 0.6) is 0 Å². The summed E-state index contributed by atoms with van der Waals surface area (Å²) in [4.78, 5) is 0. The van der Waals surface area contributed by atoms with Crippen molar-refractivity contribution in [1.82, 2.24) is 4.31 Å². The molecule has 18 heavy (non-hydrogen) atoms. The molecule has 0 amide bonds. The lowest BCUT2D eigenvalue weighted by Gasteiger charge is -2.22. The zero-order valence-corrected chi connectivity index (χ0v) is 11.6. The molecule has 1 aliphatic heterocycles. The molecule has 2 rings (SSSR count). The number of halogens is 3. The number of benzene rings is 1. The highest BCUT2D eigenvalue weighted by molar-refractivity contribution is 7.86. The molecule has 1 aliphatic rings. The summed E-state index contributed by atoms with van der Waals surface area (Å²) >= 11 is 11.9. The van der Waals surface area contributed by atoms with Gasteiger partial charge in [0.25, 0.3) is 10.2 Å². The van der Waals surface area contributed by atoms with Crippen LogP contribution >= 0.6 is 23.2 Å². The third kappa shape index (κ3) is 2.48. The maximum atomic E-state index is 14.8. The molecule has 1 atom stereocenters. The molecule has 0 bridgehead atoms. The zero-order chi connectivity index (χ0) is 13.6. The van der Waals surface area contributed by atoms with Crippen LogP contribution in [0.1, 0.15) is 12.0 Å². The van der Waals surface area contributed by atoms with Gasteiger partial charge in [-0.1, -0.05) is 29.3 Å². The minimum absolute atomic E-state index is 0.0108. The van der Waals surface area contributed by atoms with Crippen molar-refractivity contribution in [2.24, 2.45) is 5.14 Å². The minimum Gasteiger partial charge on any atom is -0.237 e. The Balaban J connectivity index is 2.40. The van der Waals surface area contributed by atoms with Gasteiger partial charge in [0.2, 0.25) is 0 Å². The van der Waals surface area contributed by atoms with Crippen molar-refractivity contribution in [3.8, 4) is 0 Å². The molecule has 2 N–H and O–H groups in total. The minimum atomic E-state index is -3.90. The van der Waals surface area contributed by atoms with E-state index in [0.29, 0.717) is 0 Å². The largest absolute Gasteiger partial charge is 0.277 e.